The maximum atomic E-state index is 11.3. The number of nitrogens with zero attached hydrogens (tertiary/aromatic N) is 7. The van der Waals surface area contributed by atoms with Crippen LogP contribution in [0, 0.1) is 0 Å². The molecule has 0 aliphatic carbocycles. The van der Waals surface area contributed by atoms with Crippen molar-refractivity contribution in [3.63, 3.8) is 0 Å². The minimum Gasteiger partial charge on any atom is -0.760 e. The highest BCUT2D eigenvalue weighted by Crippen LogP contribution is 2.27. The Labute approximate surface area is 206 Å². The van der Waals surface area contributed by atoms with Gasteiger partial charge in [0.15, 0.2) is 0 Å². The molecule has 0 bridgehead atoms. The van der Waals surface area contributed by atoms with Gasteiger partial charge in [-0.25, -0.2) is 18.8 Å². The Bertz CT molecular complexity index is 1340. The van der Waals surface area contributed by atoms with Crippen molar-refractivity contribution in [2.75, 3.05) is 50.5 Å². The molecule has 0 saturated carbocycles. The second-order valence-electron chi connectivity index (χ2n) is 8.61. The van der Waals surface area contributed by atoms with Crippen molar-refractivity contribution in [2.45, 2.75) is 6.54 Å². The number of fused-ring (bicyclic) bond motifs is 1. The second kappa shape index (κ2) is 10.1. The van der Waals surface area contributed by atoms with E-state index < -0.39 is 11.3 Å². The van der Waals surface area contributed by atoms with Crippen molar-refractivity contribution in [2.24, 2.45) is 0 Å². The molecular weight excluding hydrogens is 464 g/mol. The molecule has 1 saturated heterocycles. The van der Waals surface area contributed by atoms with Crippen LogP contribution in [-0.2, 0) is 17.8 Å². The summed E-state index contributed by atoms with van der Waals surface area (Å²) >= 11 is -2.30. The average molecular weight is 492 g/mol. The van der Waals surface area contributed by atoms with Gasteiger partial charge in [-0.2, -0.15) is 0 Å². The van der Waals surface area contributed by atoms with Crippen molar-refractivity contribution >= 4 is 34.2 Å². The lowest BCUT2D eigenvalue weighted by atomic mass is 10.0. The summed E-state index contributed by atoms with van der Waals surface area (Å²) in [5.74, 6) is 1.08. The molecular formula is C24H27N8O2S-. The van der Waals surface area contributed by atoms with Crippen molar-refractivity contribution in [1.29, 1.82) is 0 Å². The van der Waals surface area contributed by atoms with E-state index >= 15 is 0 Å². The van der Waals surface area contributed by atoms with Gasteiger partial charge in [-0.15, -0.1) is 5.10 Å². The molecule has 11 heteroatoms. The molecule has 1 aliphatic heterocycles. The van der Waals surface area contributed by atoms with Crippen molar-refractivity contribution in [3.05, 3.63) is 66.5 Å². The monoisotopic (exact) mass is 491 g/mol. The summed E-state index contributed by atoms with van der Waals surface area (Å²) in [5, 5.41) is 7.88. The number of hydrogen-bond donors (Lipinski definition) is 1. The SMILES string of the molecule is CN1CCN(c2ccc(Nc3ncc4ccc(-c5ccccc5CN(C)S(=O)[O-])n4n3)nc2)CC1. The van der Waals surface area contributed by atoms with Crippen LogP contribution in [0.3, 0.4) is 0 Å². The van der Waals surface area contributed by atoms with Gasteiger partial charge in [-0.1, -0.05) is 24.3 Å². The maximum Gasteiger partial charge on any atom is 0.246 e. The van der Waals surface area contributed by atoms with E-state index in [2.05, 4.69) is 43.3 Å². The number of anilines is 3. The van der Waals surface area contributed by atoms with Gasteiger partial charge in [0.1, 0.15) is 5.82 Å². The van der Waals surface area contributed by atoms with E-state index in [1.807, 2.05) is 48.7 Å². The predicted molar refractivity (Wildman–Crippen MR) is 136 cm³/mol. The highest BCUT2D eigenvalue weighted by Gasteiger charge is 2.15. The number of hydrogen-bond acceptors (Lipinski definition) is 8. The summed E-state index contributed by atoms with van der Waals surface area (Å²) < 4.78 is 25.7. The van der Waals surface area contributed by atoms with Crippen molar-refractivity contribution in [1.82, 2.24) is 28.8 Å². The molecule has 3 aromatic heterocycles. The van der Waals surface area contributed by atoms with E-state index in [0.29, 0.717) is 11.8 Å². The third kappa shape index (κ3) is 5.17. The quantitative estimate of drug-likeness (QED) is 0.393. The van der Waals surface area contributed by atoms with Crippen LogP contribution >= 0.6 is 0 Å². The molecule has 1 fully saturated rings. The first-order valence-corrected chi connectivity index (χ1v) is 12.4. The minimum absolute atomic E-state index is 0.263. The van der Waals surface area contributed by atoms with E-state index in [1.54, 1.807) is 17.8 Å². The number of likely N-dealkylation sites (N-methyl/N-ethyl adjacent to an activating group) is 1. The Balaban J connectivity index is 1.38. The fourth-order valence-corrected chi connectivity index (χ4v) is 4.43. The average Bonchev–Trinajstić information content (AvgIpc) is 3.28. The normalized spacial score (nSPS) is 15.6. The first-order valence-electron chi connectivity index (χ1n) is 11.4. The summed E-state index contributed by atoms with van der Waals surface area (Å²) in [7, 11) is 3.68. The van der Waals surface area contributed by atoms with Crippen LogP contribution < -0.4 is 10.2 Å². The van der Waals surface area contributed by atoms with Crippen LogP contribution in [0.2, 0.25) is 0 Å². The zero-order valence-corrected chi connectivity index (χ0v) is 20.5. The van der Waals surface area contributed by atoms with E-state index in [9.17, 15) is 8.76 Å². The van der Waals surface area contributed by atoms with Gasteiger partial charge >= 0.3 is 0 Å². The number of benzene rings is 1. The van der Waals surface area contributed by atoms with Crippen molar-refractivity contribution in [3.8, 4) is 11.3 Å². The number of pyridine rings is 1. The Morgan fingerprint density at radius 1 is 1.03 bits per heavy atom. The first-order chi connectivity index (χ1) is 17.0. The van der Waals surface area contributed by atoms with Crippen LogP contribution in [-0.4, -0.2) is 77.8 Å². The second-order valence-corrected chi connectivity index (χ2v) is 9.67. The maximum absolute atomic E-state index is 11.3. The summed E-state index contributed by atoms with van der Waals surface area (Å²) in [6, 6.07) is 15.6. The van der Waals surface area contributed by atoms with E-state index in [1.165, 1.54) is 4.31 Å². The summed E-state index contributed by atoms with van der Waals surface area (Å²) in [5.41, 5.74) is 4.58. The van der Waals surface area contributed by atoms with E-state index in [-0.39, 0.29) is 6.54 Å². The van der Waals surface area contributed by atoms with Gasteiger partial charge in [0.2, 0.25) is 5.95 Å². The molecule has 1 aliphatic rings. The van der Waals surface area contributed by atoms with Crippen LogP contribution in [0.25, 0.3) is 16.8 Å². The molecule has 0 amide bonds. The predicted octanol–water partition coefficient (Wildman–Crippen LogP) is 2.51. The topological polar surface area (TPSA) is 105 Å². The molecule has 10 nitrogen and oxygen atoms in total. The molecule has 4 aromatic rings. The lowest BCUT2D eigenvalue weighted by molar-refractivity contribution is 0.313. The molecule has 0 radical (unpaired) electrons. The first kappa shape index (κ1) is 23.4. The Morgan fingerprint density at radius 3 is 2.57 bits per heavy atom. The highest BCUT2D eigenvalue weighted by atomic mass is 32.2. The van der Waals surface area contributed by atoms with Gasteiger partial charge in [0, 0.05) is 49.6 Å². The number of piperazine rings is 1. The van der Waals surface area contributed by atoms with Crippen LogP contribution in [0.5, 0.6) is 0 Å². The standard InChI is InChI=1S/C24H28N8O2S/c1-29-11-13-31(14-12-29)19-8-10-23(25-15-19)27-24-26-16-20-7-9-22(32(20)28-24)21-6-4-3-5-18(21)17-30(2)35(33)34/h3-10,15-16H,11-14,17H2,1-2H3,(H,33,34)(H,25,27,28)/p-1. The van der Waals surface area contributed by atoms with Gasteiger partial charge in [0.25, 0.3) is 0 Å². The number of nitrogens with one attached hydrogen (secondary N) is 1. The van der Waals surface area contributed by atoms with Crippen LogP contribution in [0.15, 0.2) is 60.9 Å². The third-order valence-corrected chi connectivity index (χ3v) is 6.83. The lowest BCUT2D eigenvalue weighted by Gasteiger charge is -2.33. The zero-order valence-electron chi connectivity index (χ0n) is 19.7. The molecule has 1 atom stereocenters. The van der Waals surface area contributed by atoms with E-state index in [0.717, 1.165) is 54.2 Å². The lowest BCUT2D eigenvalue weighted by Crippen LogP contribution is -2.44. The fourth-order valence-electron chi connectivity index (χ4n) is 4.19. The summed E-state index contributed by atoms with van der Waals surface area (Å²) in [4.78, 5) is 13.7. The van der Waals surface area contributed by atoms with Gasteiger partial charge < -0.3 is 19.7 Å². The summed E-state index contributed by atoms with van der Waals surface area (Å²) in [6.07, 6.45) is 3.62. The Hall–Kier alpha value is -3.38. The molecule has 182 valence electrons. The smallest absolute Gasteiger partial charge is 0.246 e. The zero-order chi connectivity index (χ0) is 24.4. The Morgan fingerprint density at radius 2 is 1.83 bits per heavy atom. The molecule has 1 N–H and O–H groups in total. The van der Waals surface area contributed by atoms with Gasteiger partial charge in [-0.05, 0) is 43.9 Å². The molecule has 0 spiro atoms. The highest BCUT2D eigenvalue weighted by molar-refractivity contribution is 7.76. The van der Waals surface area contributed by atoms with Crippen molar-refractivity contribution < 1.29 is 8.76 Å². The third-order valence-electron chi connectivity index (χ3n) is 6.20. The largest absolute Gasteiger partial charge is 0.760 e. The molecule has 1 aromatic carbocycles. The molecule has 1 unspecified atom stereocenters. The van der Waals surface area contributed by atoms with Gasteiger partial charge in [-0.3, -0.25) is 4.21 Å². The summed E-state index contributed by atoms with van der Waals surface area (Å²) in [6.45, 7) is 4.33. The minimum atomic E-state index is -2.30. The molecule has 5 rings (SSSR count). The number of rotatable bonds is 7. The fraction of sp³-hybridized carbons (Fsp3) is 0.292. The molecule has 35 heavy (non-hydrogen) atoms. The van der Waals surface area contributed by atoms with Crippen LogP contribution in [0.1, 0.15) is 5.56 Å². The Kier molecular flexibility index (Phi) is 6.73. The number of aromatic nitrogens is 4. The van der Waals surface area contributed by atoms with Crippen LogP contribution in [0.4, 0.5) is 17.5 Å². The van der Waals surface area contributed by atoms with Gasteiger partial charge in [0.05, 0.1) is 29.3 Å². The molecule has 4 heterocycles. The van der Waals surface area contributed by atoms with E-state index in [4.69, 9.17) is 0 Å².